The van der Waals surface area contributed by atoms with Crippen molar-refractivity contribution in [3.8, 4) is 0 Å². The Morgan fingerprint density at radius 3 is 2.60 bits per heavy atom. The lowest BCUT2D eigenvalue weighted by Gasteiger charge is -2.41. The molecule has 138 valence electrons. The van der Waals surface area contributed by atoms with Crippen LogP contribution in [-0.2, 0) is 19.4 Å². The van der Waals surface area contributed by atoms with Gasteiger partial charge in [0.25, 0.3) is 5.56 Å². The van der Waals surface area contributed by atoms with Crippen LogP contribution in [0.15, 0.2) is 10.9 Å². The first-order chi connectivity index (χ1) is 12.2. The van der Waals surface area contributed by atoms with Crippen molar-refractivity contribution in [2.24, 2.45) is 5.92 Å². The Morgan fingerprint density at radius 1 is 1.04 bits per heavy atom. The number of hydrogen-bond donors (Lipinski definition) is 1. The molecule has 25 heavy (non-hydrogen) atoms. The summed E-state index contributed by atoms with van der Waals surface area (Å²) in [5.74, 6) is 0.531. The molecule has 1 aromatic rings. The first-order valence-corrected chi connectivity index (χ1v) is 10.2. The molecule has 1 aliphatic heterocycles. The van der Waals surface area contributed by atoms with Crippen molar-refractivity contribution in [1.29, 1.82) is 0 Å². The third-order valence-electron chi connectivity index (χ3n) is 6.52. The number of aromatic nitrogens is 2. The molecule has 2 atom stereocenters. The van der Waals surface area contributed by atoms with Gasteiger partial charge in [0.05, 0.1) is 11.8 Å². The third kappa shape index (κ3) is 3.82. The topological polar surface area (TPSA) is 58.4 Å². The van der Waals surface area contributed by atoms with Gasteiger partial charge in [0.1, 0.15) is 0 Å². The van der Waals surface area contributed by atoms with E-state index in [9.17, 15) is 9.90 Å². The third-order valence-corrected chi connectivity index (χ3v) is 6.52. The Hall–Kier alpha value is -1.20. The van der Waals surface area contributed by atoms with E-state index in [2.05, 4.69) is 10.00 Å². The van der Waals surface area contributed by atoms with Gasteiger partial charge < -0.3 is 5.11 Å². The average molecular weight is 345 g/mol. The number of aryl methyl sites for hydroxylation is 2. The lowest BCUT2D eigenvalue weighted by Crippen LogP contribution is -2.49. The Bertz CT molecular complexity index is 649. The normalized spacial score (nSPS) is 28.7. The summed E-state index contributed by atoms with van der Waals surface area (Å²) in [6, 6.07) is 2.19. The second-order valence-corrected chi connectivity index (χ2v) is 8.24. The average Bonchev–Trinajstić information content (AvgIpc) is 2.63. The minimum absolute atomic E-state index is 0.0748. The number of aliphatic hydroxyl groups is 1. The highest BCUT2D eigenvalue weighted by Gasteiger charge is 2.31. The molecule has 4 rings (SSSR count). The zero-order valence-corrected chi connectivity index (χ0v) is 15.2. The fourth-order valence-electron chi connectivity index (χ4n) is 4.96. The van der Waals surface area contributed by atoms with Gasteiger partial charge in [-0.1, -0.05) is 12.8 Å². The minimum Gasteiger partial charge on any atom is -0.391 e. The summed E-state index contributed by atoms with van der Waals surface area (Å²) in [6.45, 7) is 2.85. The van der Waals surface area contributed by atoms with Crippen molar-refractivity contribution in [3.05, 3.63) is 27.7 Å². The zero-order valence-electron chi connectivity index (χ0n) is 15.2. The van der Waals surface area contributed by atoms with Gasteiger partial charge in [-0.3, -0.25) is 9.69 Å². The van der Waals surface area contributed by atoms with Gasteiger partial charge in [0.15, 0.2) is 0 Å². The van der Waals surface area contributed by atoms with Crippen LogP contribution in [0.5, 0.6) is 0 Å². The first-order valence-electron chi connectivity index (χ1n) is 10.2. The maximum Gasteiger partial charge on any atom is 0.267 e. The molecule has 1 saturated heterocycles. The predicted molar refractivity (Wildman–Crippen MR) is 97.7 cm³/mol. The molecule has 0 amide bonds. The molecule has 3 aliphatic rings. The molecule has 5 heteroatoms. The minimum atomic E-state index is -0.143. The molecule has 5 nitrogen and oxygen atoms in total. The van der Waals surface area contributed by atoms with Gasteiger partial charge in [0, 0.05) is 18.7 Å². The maximum atomic E-state index is 12.4. The summed E-state index contributed by atoms with van der Waals surface area (Å²) in [5.41, 5.74) is 2.40. The van der Waals surface area contributed by atoms with Crippen LogP contribution in [-0.4, -0.2) is 45.0 Å². The monoisotopic (exact) mass is 345 g/mol. The molecule has 0 bridgehead atoms. The van der Waals surface area contributed by atoms with Crippen LogP contribution >= 0.6 is 0 Å². The molecule has 2 heterocycles. The van der Waals surface area contributed by atoms with E-state index in [1.165, 1.54) is 31.2 Å². The Balaban J connectivity index is 1.36. The largest absolute Gasteiger partial charge is 0.391 e. The van der Waals surface area contributed by atoms with Crippen LogP contribution in [0.2, 0.25) is 0 Å². The van der Waals surface area contributed by atoms with Crippen LogP contribution in [0.3, 0.4) is 0 Å². The first kappa shape index (κ1) is 17.2. The van der Waals surface area contributed by atoms with Crippen LogP contribution in [0.25, 0.3) is 0 Å². The maximum absolute atomic E-state index is 12.4. The molecule has 2 fully saturated rings. The number of fused-ring (bicyclic) bond motifs is 1. The van der Waals surface area contributed by atoms with Crippen molar-refractivity contribution in [2.75, 3.05) is 13.1 Å². The van der Waals surface area contributed by atoms with Gasteiger partial charge in [-0.15, -0.1) is 0 Å². The van der Waals surface area contributed by atoms with E-state index in [1.807, 2.05) is 6.07 Å². The summed E-state index contributed by atoms with van der Waals surface area (Å²) in [4.78, 5) is 14.9. The van der Waals surface area contributed by atoms with Crippen molar-refractivity contribution in [1.82, 2.24) is 14.7 Å². The molecule has 1 saturated carbocycles. The second kappa shape index (κ2) is 7.58. The number of aliphatic hydroxyl groups excluding tert-OH is 1. The highest BCUT2D eigenvalue weighted by atomic mass is 16.3. The van der Waals surface area contributed by atoms with E-state index in [-0.39, 0.29) is 11.7 Å². The number of piperidine rings is 1. The summed E-state index contributed by atoms with van der Waals surface area (Å²) in [7, 11) is 0. The Kier molecular flexibility index (Phi) is 5.23. The molecule has 0 spiro atoms. The Morgan fingerprint density at radius 2 is 1.80 bits per heavy atom. The van der Waals surface area contributed by atoms with Crippen molar-refractivity contribution >= 4 is 0 Å². The summed E-state index contributed by atoms with van der Waals surface area (Å²) < 4.78 is 1.72. The standard InChI is InChI=1S/C20H31N3O2/c24-19-8-4-3-7-18(19)22-11-9-15(10-12-22)14-23-20(25)13-16-5-1-2-6-17(16)21-23/h13,15,18-19,24H,1-12,14H2. The molecule has 2 aliphatic carbocycles. The highest BCUT2D eigenvalue weighted by Crippen LogP contribution is 2.28. The Labute approximate surface area is 150 Å². The van der Waals surface area contributed by atoms with E-state index < -0.39 is 0 Å². The number of rotatable bonds is 3. The quantitative estimate of drug-likeness (QED) is 0.912. The van der Waals surface area contributed by atoms with Crippen molar-refractivity contribution in [2.45, 2.75) is 82.9 Å². The molecule has 2 unspecified atom stereocenters. The SMILES string of the molecule is O=c1cc2c(nn1CC1CCN(C3CCCCC3O)CC1)CCCC2. The lowest BCUT2D eigenvalue weighted by molar-refractivity contribution is 0.00244. The van der Waals surface area contributed by atoms with Gasteiger partial charge in [0.2, 0.25) is 0 Å². The lowest BCUT2D eigenvalue weighted by atomic mass is 9.88. The van der Waals surface area contributed by atoms with Gasteiger partial charge in [-0.05, 0) is 75.9 Å². The molecular weight excluding hydrogens is 314 g/mol. The number of likely N-dealkylation sites (tertiary alicyclic amines) is 1. The molecule has 0 radical (unpaired) electrons. The van der Waals surface area contributed by atoms with Gasteiger partial charge in [-0.25, -0.2) is 4.68 Å². The fraction of sp³-hybridized carbons (Fsp3) is 0.800. The van der Waals surface area contributed by atoms with Gasteiger partial charge in [-0.2, -0.15) is 5.10 Å². The molecule has 0 aromatic carbocycles. The van der Waals surface area contributed by atoms with E-state index in [4.69, 9.17) is 0 Å². The molecule has 1 aromatic heterocycles. The smallest absolute Gasteiger partial charge is 0.267 e. The molecule has 1 N–H and O–H groups in total. The van der Waals surface area contributed by atoms with Crippen molar-refractivity contribution < 1.29 is 5.11 Å². The van der Waals surface area contributed by atoms with Crippen LogP contribution in [0.4, 0.5) is 0 Å². The van der Waals surface area contributed by atoms with E-state index in [0.29, 0.717) is 12.0 Å². The van der Waals surface area contributed by atoms with Crippen LogP contribution < -0.4 is 5.56 Å². The predicted octanol–water partition coefficient (Wildman–Crippen LogP) is 2.14. The van der Waals surface area contributed by atoms with Gasteiger partial charge >= 0.3 is 0 Å². The fourth-order valence-corrected chi connectivity index (χ4v) is 4.96. The van der Waals surface area contributed by atoms with E-state index in [0.717, 1.165) is 63.9 Å². The van der Waals surface area contributed by atoms with Crippen LogP contribution in [0.1, 0.15) is 62.6 Å². The van der Waals surface area contributed by atoms with Crippen molar-refractivity contribution in [3.63, 3.8) is 0 Å². The van der Waals surface area contributed by atoms with E-state index >= 15 is 0 Å². The summed E-state index contributed by atoms with van der Waals surface area (Å²) in [5, 5.41) is 15.0. The second-order valence-electron chi connectivity index (χ2n) is 8.24. The van der Waals surface area contributed by atoms with E-state index in [1.54, 1.807) is 4.68 Å². The number of hydrogen-bond acceptors (Lipinski definition) is 4. The highest BCUT2D eigenvalue weighted by molar-refractivity contribution is 5.20. The summed E-state index contributed by atoms with van der Waals surface area (Å²) in [6.07, 6.45) is 11.0. The summed E-state index contributed by atoms with van der Waals surface area (Å²) >= 11 is 0. The molecular formula is C20H31N3O2. The van der Waals surface area contributed by atoms with Crippen LogP contribution in [0, 0.1) is 5.92 Å². The zero-order chi connectivity index (χ0) is 17.2. The number of nitrogens with zero attached hydrogens (tertiary/aromatic N) is 3.